The van der Waals surface area contributed by atoms with Crippen LogP contribution in [-0.4, -0.2) is 21.4 Å². The summed E-state index contributed by atoms with van der Waals surface area (Å²) in [5, 5.41) is 8.45. The van der Waals surface area contributed by atoms with Crippen molar-refractivity contribution in [2.75, 3.05) is 11.7 Å². The van der Waals surface area contributed by atoms with E-state index in [2.05, 4.69) is 13.0 Å². The van der Waals surface area contributed by atoms with Crippen LogP contribution in [0.2, 0.25) is 0 Å². The van der Waals surface area contributed by atoms with Crippen LogP contribution in [0.25, 0.3) is 0 Å². The van der Waals surface area contributed by atoms with Crippen molar-refractivity contribution < 1.29 is 9.66 Å². The molecule has 0 aromatic rings. The van der Waals surface area contributed by atoms with Crippen LogP contribution in [-0.2, 0) is 11.2 Å². The molecule has 0 bridgehead atoms. The van der Waals surface area contributed by atoms with Gasteiger partial charge in [0.25, 0.3) is 0 Å². The lowest BCUT2D eigenvalue weighted by Gasteiger charge is -2.04. The number of hydrogen-bond donors (Lipinski definition) is 1. The van der Waals surface area contributed by atoms with E-state index in [4.69, 9.17) is 5.11 Å². The molecule has 0 aromatic heterocycles. The highest BCUT2D eigenvalue weighted by atomic mass is 32.2. The third kappa shape index (κ3) is 8.11. The lowest BCUT2D eigenvalue weighted by atomic mass is 10.2. The van der Waals surface area contributed by atoms with Gasteiger partial charge >= 0.3 is 0 Å². The Labute approximate surface area is 77.9 Å². The van der Waals surface area contributed by atoms with Crippen LogP contribution in [0.15, 0.2) is 12.2 Å². The van der Waals surface area contributed by atoms with Gasteiger partial charge in [0.1, 0.15) is 5.75 Å². The number of rotatable bonds is 7. The first-order chi connectivity index (χ1) is 5.81. The topological polar surface area (TPSA) is 43.3 Å². The average molecular weight is 190 g/mol. The predicted octanol–water partition coefficient (Wildman–Crippen LogP) is 1.82. The van der Waals surface area contributed by atoms with Crippen molar-refractivity contribution in [2.45, 2.75) is 32.6 Å². The highest BCUT2D eigenvalue weighted by molar-refractivity contribution is 7.91. The third-order valence-corrected chi connectivity index (χ3v) is 2.53. The van der Waals surface area contributed by atoms with Gasteiger partial charge in [0.15, 0.2) is 0 Å². The highest BCUT2D eigenvalue weighted by Gasteiger charge is 1.98. The summed E-state index contributed by atoms with van der Waals surface area (Å²) in [7, 11) is 0. The molecule has 0 radical (unpaired) electrons. The lowest BCUT2D eigenvalue weighted by Crippen LogP contribution is -2.09. The summed E-state index contributed by atoms with van der Waals surface area (Å²) in [4.78, 5) is 0. The van der Waals surface area contributed by atoms with Gasteiger partial charge in [-0.3, -0.25) is 0 Å². The monoisotopic (exact) mass is 190 g/mol. The fourth-order valence-electron chi connectivity index (χ4n) is 0.822. The molecule has 0 aliphatic heterocycles. The summed E-state index contributed by atoms with van der Waals surface area (Å²) < 4.78 is 10.7. The van der Waals surface area contributed by atoms with Gasteiger partial charge in [0.2, 0.25) is 5.94 Å². The smallest absolute Gasteiger partial charge is 0.203 e. The molecule has 0 amide bonds. The van der Waals surface area contributed by atoms with E-state index in [0.717, 1.165) is 12.8 Å². The first kappa shape index (κ1) is 12.0. The Morgan fingerprint density at radius 2 is 2.00 bits per heavy atom. The first-order valence-electron chi connectivity index (χ1n) is 4.42. The molecule has 3 heteroatoms. The van der Waals surface area contributed by atoms with E-state index in [-0.39, 0.29) is 5.94 Å². The third-order valence-electron chi connectivity index (χ3n) is 1.55. The molecule has 12 heavy (non-hydrogen) atoms. The molecule has 0 aliphatic carbocycles. The molecule has 0 saturated carbocycles. The zero-order valence-electron chi connectivity index (χ0n) is 7.66. The zero-order chi connectivity index (χ0) is 9.23. The van der Waals surface area contributed by atoms with E-state index in [0.29, 0.717) is 5.75 Å². The van der Waals surface area contributed by atoms with E-state index in [1.54, 1.807) is 0 Å². The average Bonchev–Trinajstić information content (AvgIpc) is 2.10. The SMILES string of the molecule is CCCC/C=C/CC[S+]([O-])CO. The van der Waals surface area contributed by atoms with Crippen LogP contribution >= 0.6 is 0 Å². The number of allylic oxidation sites excluding steroid dienone is 2. The second-order valence-corrected chi connectivity index (χ2v) is 4.22. The molecule has 0 aliphatic rings. The molecular weight excluding hydrogens is 172 g/mol. The summed E-state index contributed by atoms with van der Waals surface area (Å²) in [5.74, 6) is 0.377. The molecule has 0 rings (SSSR count). The van der Waals surface area contributed by atoms with Crippen LogP contribution in [0.5, 0.6) is 0 Å². The number of aliphatic hydroxyl groups excluding tert-OH is 1. The van der Waals surface area contributed by atoms with Crippen molar-refractivity contribution in [3.63, 3.8) is 0 Å². The van der Waals surface area contributed by atoms with E-state index in [1.165, 1.54) is 12.8 Å². The molecular formula is C9H18O2S. The number of aliphatic hydroxyl groups is 1. The summed E-state index contributed by atoms with van der Waals surface area (Å²) in [6, 6.07) is 0. The maximum Gasteiger partial charge on any atom is 0.203 e. The molecule has 2 nitrogen and oxygen atoms in total. The molecule has 0 saturated heterocycles. The minimum atomic E-state index is -1.03. The van der Waals surface area contributed by atoms with Crippen LogP contribution in [0.3, 0.4) is 0 Å². The Morgan fingerprint density at radius 1 is 1.33 bits per heavy atom. The number of unbranched alkanes of at least 4 members (excludes halogenated alkanes) is 2. The van der Waals surface area contributed by atoms with Gasteiger partial charge in [-0.2, -0.15) is 0 Å². The predicted molar refractivity (Wildman–Crippen MR) is 53.4 cm³/mol. The molecule has 0 aromatic carbocycles. The molecule has 0 spiro atoms. The minimum Gasteiger partial charge on any atom is -0.615 e. The number of hydrogen-bond acceptors (Lipinski definition) is 2. The van der Waals surface area contributed by atoms with Crippen LogP contribution in [0, 0.1) is 0 Å². The Balaban J connectivity index is 3.12. The zero-order valence-corrected chi connectivity index (χ0v) is 8.48. The van der Waals surface area contributed by atoms with E-state index >= 15 is 0 Å². The molecule has 1 atom stereocenters. The largest absolute Gasteiger partial charge is 0.615 e. The highest BCUT2D eigenvalue weighted by Crippen LogP contribution is 1.98. The quantitative estimate of drug-likeness (QED) is 0.378. The van der Waals surface area contributed by atoms with Crippen molar-refractivity contribution >= 4 is 11.2 Å². The van der Waals surface area contributed by atoms with Gasteiger partial charge in [0.05, 0.1) is 0 Å². The second kappa shape index (κ2) is 9.10. The van der Waals surface area contributed by atoms with Crippen molar-refractivity contribution in [3.8, 4) is 0 Å². The molecule has 1 unspecified atom stereocenters. The lowest BCUT2D eigenvalue weighted by molar-refractivity contribution is 0.358. The van der Waals surface area contributed by atoms with E-state index < -0.39 is 11.2 Å². The Bertz CT molecular complexity index is 115. The van der Waals surface area contributed by atoms with Gasteiger partial charge in [0, 0.05) is 6.42 Å². The maximum absolute atomic E-state index is 10.7. The minimum absolute atomic E-state index is 0.206. The summed E-state index contributed by atoms with van der Waals surface area (Å²) in [6.07, 6.45) is 8.53. The summed E-state index contributed by atoms with van der Waals surface area (Å²) in [6.45, 7) is 2.16. The van der Waals surface area contributed by atoms with Crippen molar-refractivity contribution in [3.05, 3.63) is 12.2 Å². The normalized spacial score (nSPS) is 13.9. The summed E-state index contributed by atoms with van der Waals surface area (Å²) in [5.41, 5.74) is 0. The molecule has 1 N–H and O–H groups in total. The standard InChI is InChI=1S/C9H18O2S/c1-2-3-4-5-6-7-8-12(11)9-10/h5-6,10H,2-4,7-9H2,1H3/b6-5+. The van der Waals surface area contributed by atoms with Crippen LogP contribution in [0.1, 0.15) is 32.6 Å². The molecule has 72 valence electrons. The fourth-order valence-corrected chi connectivity index (χ4v) is 1.35. The Hall–Kier alpha value is 0.01000. The van der Waals surface area contributed by atoms with Crippen molar-refractivity contribution in [1.29, 1.82) is 0 Å². The Morgan fingerprint density at radius 3 is 2.58 bits per heavy atom. The fraction of sp³-hybridized carbons (Fsp3) is 0.778. The second-order valence-electron chi connectivity index (χ2n) is 2.68. The Kier molecular flexibility index (Phi) is 9.11. The van der Waals surface area contributed by atoms with E-state index in [9.17, 15) is 4.55 Å². The first-order valence-corrected chi connectivity index (χ1v) is 5.91. The van der Waals surface area contributed by atoms with Crippen molar-refractivity contribution in [2.24, 2.45) is 0 Å². The van der Waals surface area contributed by atoms with Crippen LogP contribution in [0.4, 0.5) is 0 Å². The van der Waals surface area contributed by atoms with Gasteiger partial charge in [-0.15, -0.1) is 0 Å². The van der Waals surface area contributed by atoms with Crippen LogP contribution < -0.4 is 0 Å². The van der Waals surface area contributed by atoms with Gasteiger partial charge in [-0.05, 0) is 17.6 Å². The van der Waals surface area contributed by atoms with Crippen molar-refractivity contribution in [1.82, 2.24) is 0 Å². The van der Waals surface area contributed by atoms with Gasteiger partial charge in [-0.1, -0.05) is 31.9 Å². The maximum atomic E-state index is 10.7. The van der Waals surface area contributed by atoms with E-state index in [1.807, 2.05) is 6.08 Å². The molecule has 0 heterocycles. The molecule has 0 fully saturated rings. The van der Waals surface area contributed by atoms with Gasteiger partial charge in [-0.25, -0.2) is 0 Å². The summed E-state index contributed by atoms with van der Waals surface area (Å²) >= 11 is -1.03. The van der Waals surface area contributed by atoms with Gasteiger partial charge < -0.3 is 9.66 Å².